The minimum Gasteiger partial charge on any atom is -0.505 e. The van der Waals surface area contributed by atoms with E-state index >= 15 is 0 Å². The summed E-state index contributed by atoms with van der Waals surface area (Å²) in [5.74, 6) is -0.473. The van der Waals surface area contributed by atoms with Crippen LogP contribution in [0.5, 0.6) is 11.5 Å². The number of hydrogen-bond acceptors (Lipinski definition) is 5. The number of benzene rings is 2. The van der Waals surface area contributed by atoms with Crippen LogP contribution in [0.15, 0.2) is 35.4 Å². The van der Waals surface area contributed by atoms with Crippen LogP contribution in [0.25, 0.3) is 0 Å². The second-order valence-corrected chi connectivity index (χ2v) is 6.01. The maximum Gasteiger partial charge on any atom is 0.259 e. The zero-order chi connectivity index (χ0) is 17.4. The molecule has 0 saturated heterocycles. The van der Waals surface area contributed by atoms with Crippen LogP contribution in [0.1, 0.15) is 15.9 Å². The summed E-state index contributed by atoms with van der Waals surface area (Å²) in [6.07, 6.45) is 0. The summed E-state index contributed by atoms with van der Waals surface area (Å²) in [5.41, 5.74) is 3.57. The highest BCUT2D eigenvalue weighted by atomic mass is 35.5. The van der Waals surface area contributed by atoms with Crippen molar-refractivity contribution in [3.05, 3.63) is 51.5 Å². The van der Waals surface area contributed by atoms with E-state index in [0.717, 1.165) is 5.56 Å². The van der Waals surface area contributed by atoms with E-state index in [2.05, 4.69) is 10.5 Å². The molecule has 6 nitrogen and oxygen atoms in total. The third-order valence-electron chi connectivity index (χ3n) is 3.42. The van der Waals surface area contributed by atoms with Crippen LogP contribution in [0, 0.1) is 0 Å². The van der Waals surface area contributed by atoms with E-state index in [4.69, 9.17) is 27.9 Å². The normalized spacial score (nSPS) is 12.6. The highest BCUT2D eigenvalue weighted by Crippen LogP contribution is 2.49. The average molecular weight is 366 g/mol. The number of phenolic OH excluding ortho intramolecular Hbond substituents is 1. The number of anilines is 1. The summed E-state index contributed by atoms with van der Waals surface area (Å²) in [4.78, 5) is 13.7. The minimum absolute atomic E-state index is 0.00435. The number of hydrogen-bond donors (Lipinski definition) is 2. The highest BCUT2D eigenvalue weighted by molar-refractivity contribution is 6.45. The molecule has 0 unspecified atom stereocenters. The number of fused-ring (bicyclic) bond motifs is 1. The van der Waals surface area contributed by atoms with Crippen LogP contribution in [0.4, 0.5) is 5.69 Å². The molecule has 1 amide bonds. The number of nitrogens with zero attached hydrogens (tertiary/aromatic N) is 2. The van der Waals surface area contributed by atoms with E-state index in [9.17, 15) is 9.90 Å². The first-order valence-corrected chi connectivity index (χ1v) is 7.70. The van der Waals surface area contributed by atoms with Gasteiger partial charge in [-0.1, -0.05) is 41.4 Å². The lowest BCUT2D eigenvalue weighted by atomic mass is 10.1. The van der Waals surface area contributed by atoms with Crippen LogP contribution in [-0.2, 0) is 0 Å². The SMILES string of the molecule is CN(C)C(=O)c1c(O)c(Cl)c(Cl)c2c1NN=C(c1ccccc1)O2. The number of nitrogens with one attached hydrogen (secondary N) is 1. The van der Waals surface area contributed by atoms with Gasteiger partial charge in [-0.2, -0.15) is 0 Å². The molecule has 2 N–H and O–H groups in total. The molecule has 0 fully saturated rings. The van der Waals surface area contributed by atoms with Crippen molar-refractivity contribution in [1.29, 1.82) is 0 Å². The summed E-state index contributed by atoms with van der Waals surface area (Å²) < 4.78 is 5.74. The van der Waals surface area contributed by atoms with E-state index in [0.29, 0.717) is 0 Å². The number of carbonyl (C=O) groups excluding carboxylic acids is 1. The molecule has 24 heavy (non-hydrogen) atoms. The summed E-state index contributed by atoms with van der Waals surface area (Å²) >= 11 is 12.3. The Kier molecular flexibility index (Phi) is 4.26. The first kappa shape index (κ1) is 16.4. The van der Waals surface area contributed by atoms with Crippen LogP contribution in [0.3, 0.4) is 0 Å². The highest BCUT2D eigenvalue weighted by Gasteiger charge is 2.31. The Bertz CT molecular complexity index is 852. The summed E-state index contributed by atoms with van der Waals surface area (Å²) in [6.45, 7) is 0. The molecule has 0 spiro atoms. The standard InChI is InChI=1S/C16H13Cl2N3O3/c1-21(2)16(23)9-12-14(11(18)10(17)13(9)22)24-15(20-19-12)8-6-4-3-5-7-8/h3-7,19,22H,1-2H3. The molecule has 1 heterocycles. The molecule has 1 aliphatic rings. The van der Waals surface area contributed by atoms with E-state index < -0.39 is 11.7 Å². The number of carbonyl (C=O) groups is 1. The molecular formula is C16H13Cl2N3O3. The van der Waals surface area contributed by atoms with Crippen molar-refractivity contribution in [2.45, 2.75) is 0 Å². The molecular weight excluding hydrogens is 353 g/mol. The van der Waals surface area contributed by atoms with Crippen LogP contribution >= 0.6 is 23.2 Å². The second-order valence-electron chi connectivity index (χ2n) is 5.25. The van der Waals surface area contributed by atoms with Crippen molar-refractivity contribution < 1.29 is 14.6 Å². The van der Waals surface area contributed by atoms with Crippen LogP contribution in [0.2, 0.25) is 10.0 Å². The molecule has 0 bridgehead atoms. The monoisotopic (exact) mass is 365 g/mol. The van der Waals surface area contributed by atoms with Gasteiger partial charge in [-0.05, 0) is 12.1 Å². The van der Waals surface area contributed by atoms with E-state index in [-0.39, 0.29) is 32.9 Å². The van der Waals surface area contributed by atoms with Gasteiger partial charge in [-0.25, -0.2) is 0 Å². The maximum absolute atomic E-state index is 12.4. The molecule has 2 aromatic rings. The molecule has 0 aromatic heterocycles. The zero-order valence-electron chi connectivity index (χ0n) is 12.8. The first-order valence-electron chi connectivity index (χ1n) is 6.94. The lowest BCUT2D eigenvalue weighted by molar-refractivity contribution is 0.0825. The van der Waals surface area contributed by atoms with Crippen molar-refractivity contribution in [2.24, 2.45) is 5.10 Å². The minimum atomic E-state index is -0.461. The molecule has 0 atom stereocenters. The fourth-order valence-electron chi connectivity index (χ4n) is 2.22. The molecule has 124 valence electrons. The third-order valence-corrected chi connectivity index (χ3v) is 4.25. The number of halogens is 2. The molecule has 3 rings (SSSR count). The number of ether oxygens (including phenoxy) is 1. The Morgan fingerprint density at radius 3 is 2.50 bits per heavy atom. The Labute approximate surface area is 148 Å². The predicted octanol–water partition coefficient (Wildman–Crippen LogP) is 3.57. The lowest BCUT2D eigenvalue weighted by Crippen LogP contribution is -2.25. The Balaban J connectivity index is 2.14. The molecule has 0 radical (unpaired) electrons. The lowest BCUT2D eigenvalue weighted by Gasteiger charge is -2.24. The largest absolute Gasteiger partial charge is 0.505 e. The quantitative estimate of drug-likeness (QED) is 0.852. The van der Waals surface area contributed by atoms with Crippen molar-refractivity contribution in [3.8, 4) is 11.5 Å². The zero-order valence-corrected chi connectivity index (χ0v) is 14.3. The van der Waals surface area contributed by atoms with Gasteiger partial charge >= 0.3 is 0 Å². The molecule has 2 aromatic carbocycles. The van der Waals surface area contributed by atoms with Gasteiger partial charge in [-0.15, -0.1) is 5.10 Å². The van der Waals surface area contributed by atoms with Gasteiger partial charge in [0.1, 0.15) is 21.3 Å². The summed E-state index contributed by atoms with van der Waals surface area (Å²) in [7, 11) is 3.11. The first-order chi connectivity index (χ1) is 11.4. The van der Waals surface area contributed by atoms with Gasteiger partial charge < -0.3 is 14.7 Å². The maximum atomic E-state index is 12.4. The topological polar surface area (TPSA) is 74.2 Å². The van der Waals surface area contributed by atoms with Gasteiger partial charge in [0.25, 0.3) is 5.91 Å². The smallest absolute Gasteiger partial charge is 0.259 e. The number of amides is 1. The van der Waals surface area contributed by atoms with Gasteiger partial charge in [0.15, 0.2) is 11.5 Å². The van der Waals surface area contributed by atoms with Crippen LogP contribution in [-0.4, -0.2) is 35.9 Å². The Morgan fingerprint density at radius 1 is 1.21 bits per heavy atom. The molecule has 0 aliphatic carbocycles. The summed E-state index contributed by atoms with van der Waals surface area (Å²) in [5, 5.41) is 14.2. The van der Waals surface area contributed by atoms with E-state index in [1.54, 1.807) is 14.1 Å². The molecule has 0 saturated carbocycles. The number of rotatable bonds is 2. The van der Waals surface area contributed by atoms with Gasteiger partial charge in [0.05, 0.1) is 0 Å². The van der Waals surface area contributed by atoms with Crippen molar-refractivity contribution in [1.82, 2.24) is 4.90 Å². The number of aromatic hydroxyl groups is 1. The third kappa shape index (κ3) is 2.64. The molecule has 8 heteroatoms. The fraction of sp³-hybridized carbons (Fsp3) is 0.125. The van der Waals surface area contributed by atoms with Crippen molar-refractivity contribution >= 4 is 40.7 Å². The average Bonchev–Trinajstić information content (AvgIpc) is 2.60. The second kappa shape index (κ2) is 6.22. The van der Waals surface area contributed by atoms with Crippen molar-refractivity contribution in [3.63, 3.8) is 0 Å². The number of hydrazone groups is 1. The summed E-state index contributed by atoms with van der Waals surface area (Å²) in [6, 6.07) is 9.16. The van der Waals surface area contributed by atoms with Crippen molar-refractivity contribution in [2.75, 3.05) is 19.5 Å². The Morgan fingerprint density at radius 2 is 1.88 bits per heavy atom. The van der Waals surface area contributed by atoms with Gasteiger partial charge in [-0.3, -0.25) is 10.2 Å². The van der Waals surface area contributed by atoms with Gasteiger partial charge in [0.2, 0.25) is 5.90 Å². The molecule has 1 aliphatic heterocycles. The Hall–Kier alpha value is -2.44. The number of phenols is 1. The van der Waals surface area contributed by atoms with Crippen LogP contribution < -0.4 is 10.2 Å². The van der Waals surface area contributed by atoms with E-state index in [1.165, 1.54) is 4.90 Å². The predicted molar refractivity (Wildman–Crippen MR) is 93.4 cm³/mol. The fourth-order valence-corrected chi connectivity index (χ4v) is 2.62. The van der Waals surface area contributed by atoms with Gasteiger partial charge in [0, 0.05) is 19.7 Å². The van der Waals surface area contributed by atoms with E-state index in [1.807, 2.05) is 30.3 Å².